The van der Waals surface area contributed by atoms with Crippen molar-refractivity contribution in [3.05, 3.63) is 41.2 Å². The highest BCUT2D eigenvalue weighted by molar-refractivity contribution is 7.98. The molecule has 5 nitrogen and oxygen atoms in total. The number of hydrogen-bond donors (Lipinski definition) is 1. The van der Waals surface area contributed by atoms with Crippen molar-refractivity contribution in [2.45, 2.75) is 24.3 Å². The van der Waals surface area contributed by atoms with Gasteiger partial charge in [0.15, 0.2) is 5.82 Å². The summed E-state index contributed by atoms with van der Waals surface area (Å²) >= 11 is 1.48. The van der Waals surface area contributed by atoms with Crippen LogP contribution in [0.2, 0.25) is 0 Å². The number of rotatable bonds is 4. The molecule has 0 fully saturated rings. The Bertz CT molecular complexity index is 584. The van der Waals surface area contributed by atoms with Gasteiger partial charge in [-0.05, 0) is 11.6 Å². The van der Waals surface area contributed by atoms with Crippen molar-refractivity contribution in [2.75, 3.05) is 5.84 Å². The van der Waals surface area contributed by atoms with Gasteiger partial charge in [-0.2, -0.15) is 5.26 Å². The number of aromatic nitrogens is 3. The summed E-state index contributed by atoms with van der Waals surface area (Å²) in [6.45, 7) is 1.98. The standard InChI is InChI=1S/C12H13N5S/c1-2-11-15-16-12(17(11)14)18-8-10-6-4-3-5-9(10)7-13/h3-6H,2,8,14H2,1H3. The molecular weight excluding hydrogens is 246 g/mol. The zero-order valence-corrected chi connectivity index (χ0v) is 10.8. The van der Waals surface area contributed by atoms with Crippen LogP contribution in [0.1, 0.15) is 23.9 Å². The van der Waals surface area contributed by atoms with Gasteiger partial charge in [-0.25, -0.2) is 4.68 Å². The van der Waals surface area contributed by atoms with Crippen molar-refractivity contribution < 1.29 is 0 Å². The van der Waals surface area contributed by atoms with Crippen LogP contribution in [0.3, 0.4) is 0 Å². The minimum Gasteiger partial charge on any atom is -0.336 e. The molecule has 0 radical (unpaired) electrons. The number of nitriles is 1. The molecule has 0 bridgehead atoms. The van der Waals surface area contributed by atoms with E-state index in [4.69, 9.17) is 11.1 Å². The summed E-state index contributed by atoms with van der Waals surface area (Å²) in [5.41, 5.74) is 1.66. The molecule has 0 saturated carbocycles. The quantitative estimate of drug-likeness (QED) is 0.668. The molecule has 0 saturated heterocycles. The zero-order valence-electron chi connectivity index (χ0n) is 10.00. The molecule has 0 atom stereocenters. The smallest absolute Gasteiger partial charge is 0.210 e. The zero-order chi connectivity index (χ0) is 13.0. The normalized spacial score (nSPS) is 10.2. The molecule has 2 aromatic rings. The topological polar surface area (TPSA) is 80.5 Å². The molecule has 1 aromatic heterocycles. The molecule has 0 aliphatic heterocycles. The van der Waals surface area contributed by atoms with Crippen LogP contribution in [-0.2, 0) is 12.2 Å². The van der Waals surface area contributed by atoms with E-state index in [9.17, 15) is 0 Å². The van der Waals surface area contributed by atoms with Gasteiger partial charge >= 0.3 is 0 Å². The third kappa shape index (κ3) is 2.46. The van der Waals surface area contributed by atoms with E-state index in [1.807, 2.05) is 25.1 Å². The summed E-state index contributed by atoms with van der Waals surface area (Å²) in [6.07, 6.45) is 0.749. The van der Waals surface area contributed by atoms with Crippen LogP contribution in [-0.4, -0.2) is 14.9 Å². The number of nitrogens with two attached hydrogens (primary N) is 1. The average molecular weight is 259 g/mol. The van der Waals surface area contributed by atoms with Gasteiger partial charge in [0.1, 0.15) is 0 Å². The monoisotopic (exact) mass is 259 g/mol. The van der Waals surface area contributed by atoms with Gasteiger partial charge in [0.05, 0.1) is 11.6 Å². The maximum Gasteiger partial charge on any atom is 0.210 e. The van der Waals surface area contributed by atoms with Gasteiger partial charge in [0.25, 0.3) is 0 Å². The first-order chi connectivity index (χ1) is 8.76. The SMILES string of the molecule is CCc1nnc(SCc2ccccc2C#N)n1N. The lowest BCUT2D eigenvalue weighted by Gasteiger charge is -2.03. The molecule has 92 valence electrons. The van der Waals surface area contributed by atoms with Gasteiger partial charge < -0.3 is 5.84 Å². The third-order valence-corrected chi connectivity index (χ3v) is 3.54. The first kappa shape index (κ1) is 12.5. The second-order valence-corrected chi connectivity index (χ2v) is 4.62. The second kappa shape index (κ2) is 5.56. The second-order valence-electron chi connectivity index (χ2n) is 3.68. The summed E-state index contributed by atoms with van der Waals surface area (Å²) in [5.74, 6) is 7.27. The minimum absolute atomic E-state index is 0.656. The Morgan fingerprint density at radius 2 is 2.17 bits per heavy atom. The molecule has 1 aromatic carbocycles. The van der Waals surface area contributed by atoms with Gasteiger partial charge in [-0.3, -0.25) is 0 Å². The van der Waals surface area contributed by atoms with E-state index in [1.165, 1.54) is 16.4 Å². The molecule has 0 spiro atoms. The maximum absolute atomic E-state index is 9.00. The van der Waals surface area contributed by atoms with Crippen LogP contribution >= 0.6 is 11.8 Å². The van der Waals surface area contributed by atoms with E-state index in [0.29, 0.717) is 16.5 Å². The molecule has 1 heterocycles. The van der Waals surface area contributed by atoms with Gasteiger partial charge in [-0.15, -0.1) is 10.2 Å². The number of hydrogen-bond acceptors (Lipinski definition) is 5. The fourth-order valence-electron chi connectivity index (χ4n) is 1.54. The molecule has 18 heavy (non-hydrogen) atoms. The molecular formula is C12H13N5S. The van der Waals surface area contributed by atoms with E-state index in [1.54, 1.807) is 6.07 Å². The van der Waals surface area contributed by atoms with E-state index in [-0.39, 0.29) is 0 Å². The minimum atomic E-state index is 0.656. The molecule has 0 unspecified atom stereocenters. The van der Waals surface area contributed by atoms with Crippen molar-refractivity contribution in [2.24, 2.45) is 0 Å². The largest absolute Gasteiger partial charge is 0.336 e. The number of nitrogens with zero attached hydrogens (tertiary/aromatic N) is 4. The molecule has 2 N–H and O–H groups in total. The van der Waals surface area contributed by atoms with Crippen LogP contribution in [0.25, 0.3) is 0 Å². The lowest BCUT2D eigenvalue weighted by molar-refractivity contribution is 0.796. The first-order valence-corrected chi connectivity index (χ1v) is 6.55. The van der Waals surface area contributed by atoms with Crippen LogP contribution < -0.4 is 5.84 Å². The van der Waals surface area contributed by atoms with Crippen LogP contribution in [0.5, 0.6) is 0 Å². The number of thioether (sulfide) groups is 1. The van der Waals surface area contributed by atoms with Crippen molar-refractivity contribution in [1.29, 1.82) is 5.26 Å². The Hall–Kier alpha value is -2.00. The van der Waals surface area contributed by atoms with Crippen LogP contribution in [0.15, 0.2) is 29.4 Å². The van der Waals surface area contributed by atoms with E-state index >= 15 is 0 Å². The average Bonchev–Trinajstić information content (AvgIpc) is 2.77. The Morgan fingerprint density at radius 1 is 1.39 bits per heavy atom. The van der Waals surface area contributed by atoms with E-state index < -0.39 is 0 Å². The van der Waals surface area contributed by atoms with E-state index in [2.05, 4.69) is 16.3 Å². The first-order valence-electron chi connectivity index (χ1n) is 5.56. The highest BCUT2D eigenvalue weighted by atomic mass is 32.2. The number of benzene rings is 1. The fraction of sp³-hybridized carbons (Fsp3) is 0.250. The summed E-state index contributed by atoms with van der Waals surface area (Å²) in [6, 6.07) is 9.69. The van der Waals surface area contributed by atoms with Crippen LogP contribution in [0, 0.1) is 11.3 Å². The summed E-state index contributed by atoms with van der Waals surface area (Å²) in [7, 11) is 0. The third-order valence-electron chi connectivity index (χ3n) is 2.55. The van der Waals surface area contributed by atoms with Crippen molar-refractivity contribution >= 4 is 11.8 Å². The molecule has 6 heteroatoms. The highest BCUT2D eigenvalue weighted by Crippen LogP contribution is 2.22. The Balaban J connectivity index is 2.12. The summed E-state index contributed by atoms with van der Waals surface area (Å²) in [4.78, 5) is 0. The van der Waals surface area contributed by atoms with Gasteiger partial charge in [-0.1, -0.05) is 36.9 Å². The molecule has 0 amide bonds. The van der Waals surface area contributed by atoms with Gasteiger partial charge in [0, 0.05) is 12.2 Å². The van der Waals surface area contributed by atoms with Crippen molar-refractivity contribution in [3.8, 4) is 6.07 Å². The predicted octanol–water partition coefficient (Wildman–Crippen LogP) is 1.72. The highest BCUT2D eigenvalue weighted by Gasteiger charge is 2.09. The van der Waals surface area contributed by atoms with Crippen molar-refractivity contribution in [3.63, 3.8) is 0 Å². The van der Waals surface area contributed by atoms with E-state index in [0.717, 1.165) is 17.8 Å². The molecule has 0 aliphatic carbocycles. The lowest BCUT2D eigenvalue weighted by Crippen LogP contribution is -2.13. The van der Waals surface area contributed by atoms with Crippen LogP contribution in [0.4, 0.5) is 0 Å². The fourth-order valence-corrected chi connectivity index (χ4v) is 2.42. The number of aryl methyl sites for hydroxylation is 1. The maximum atomic E-state index is 9.00. The molecule has 2 rings (SSSR count). The van der Waals surface area contributed by atoms with Gasteiger partial charge in [0.2, 0.25) is 5.16 Å². The Labute approximate surface area is 110 Å². The summed E-state index contributed by atoms with van der Waals surface area (Å²) in [5, 5.41) is 17.7. The lowest BCUT2D eigenvalue weighted by atomic mass is 10.1. The summed E-state index contributed by atoms with van der Waals surface area (Å²) < 4.78 is 1.50. The molecule has 0 aliphatic rings. The van der Waals surface area contributed by atoms with Crippen molar-refractivity contribution in [1.82, 2.24) is 14.9 Å². The predicted molar refractivity (Wildman–Crippen MR) is 70.3 cm³/mol. The number of nitrogen functional groups attached to an aromatic ring is 1. The Morgan fingerprint density at radius 3 is 2.83 bits per heavy atom. The Kier molecular flexibility index (Phi) is 3.85.